The van der Waals surface area contributed by atoms with Crippen molar-refractivity contribution in [1.82, 2.24) is 0 Å². The Morgan fingerprint density at radius 1 is 1.11 bits per heavy atom. The lowest BCUT2D eigenvalue weighted by atomic mass is 10.0. The second-order valence-corrected chi connectivity index (χ2v) is 4.98. The molecule has 1 aromatic rings. The molecule has 0 spiro atoms. The first-order valence-electron chi connectivity index (χ1n) is 6.32. The molecule has 1 atom stereocenters. The summed E-state index contributed by atoms with van der Waals surface area (Å²) in [7, 11) is 0. The summed E-state index contributed by atoms with van der Waals surface area (Å²) < 4.78 is 0. The maximum Gasteiger partial charge on any atom is 0.241 e. The average Bonchev–Trinajstić information content (AvgIpc) is 2.30. The number of carbonyl (C=O) groups excluding carboxylic acids is 2. The van der Waals surface area contributed by atoms with Crippen LogP contribution in [-0.2, 0) is 9.59 Å². The smallest absolute Gasteiger partial charge is 0.241 e. The maximum absolute atomic E-state index is 11.8. The fourth-order valence-corrected chi connectivity index (χ4v) is 1.69. The van der Waals surface area contributed by atoms with Crippen LogP contribution in [0.1, 0.15) is 27.2 Å². The van der Waals surface area contributed by atoms with E-state index < -0.39 is 6.04 Å². The zero-order chi connectivity index (χ0) is 14.4. The van der Waals surface area contributed by atoms with Crippen LogP contribution in [0.15, 0.2) is 24.3 Å². The van der Waals surface area contributed by atoms with E-state index in [4.69, 9.17) is 5.73 Å². The number of rotatable bonds is 5. The van der Waals surface area contributed by atoms with Crippen LogP contribution in [0.4, 0.5) is 11.4 Å². The van der Waals surface area contributed by atoms with E-state index in [-0.39, 0.29) is 11.8 Å². The van der Waals surface area contributed by atoms with E-state index in [0.29, 0.717) is 23.7 Å². The molecule has 0 radical (unpaired) electrons. The van der Waals surface area contributed by atoms with E-state index in [1.807, 2.05) is 13.8 Å². The zero-order valence-electron chi connectivity index (χ0n) is 11.6. The molecular formula is C14H21N3O2. The number of hydrogen-bond donors (Lipinski definition) is 3. The first-order valence-corrected chi connectivity index (χ1v) is 6.32. The van der Waals surface area contributed by atoms with Crippen molar-refractivity contribution in [2.24, 2.45) is 11.7 Å². The number of amides is 2. The van der Waals surface area contributed by atoms with E-state index >= 15 is 0 Å². The first-order chi connectivity index (χ1) is 8.88. The minimum Gasteiger partial charge on any atom is -0.326 e. The van der Waals surface area contributed by atoms with Crippen molar-refractivity contribution in [3.63, 3.8) is 0 Å². The maximum atomic E-state index is 11.8. The quantitative estimate of drug-likeness (QED) is 0.759. The lowest BCUT2D eigenvalue weighted by molar-refractivity contribution is -0.117. The summed E-state index contributed by atoms with van der Waals surface area (Å²) >= 11 is 0. The van der Waals surface area contributed by atoms with Crippen LogP contribution in [-0.4, -0.2) is 17.9 Å². The molecule has 0 aliphatic rings. The van der Waals surface area contributed by atoms with Crippen LogP contribution < -0.4 is 16.4 Å². The van der Waals surface area contributed by atoms with Gasteiger partial charge in [0, 0.05) is 18.3 Å². The summed E-state index contributed by atoms with van der Waals surface area (Å²) in [5, 5.41) is 5.41. The Morgan fingerprint density at radius 2 is 1.58 bits per heavy atom. The Balaban J connectivity index is 2.57. The Hall–Kier alpha value is -1.88. The molecule has 0 aliphatic carbocycles. The third-order valence-corrected chi connectivity index (χ3v) is 2.53. The predicted molar refractivity (Wildman–Crippen MR) is 76.8 cm³/mol. The van der Waals surface area contributed by atoms with Crippen LogP contribution in [0.5, 0.6) is 0 Å². The molecular weight excluding hydrogens is 242 g/mol. The normalized spacial score (nSPS) is 12.1. The minimum absolute atomic E-state index is 0.129. The molecule has 0 aromatic heterocycles. The number of anilines is 2. The van der Waals surface area contributed by atoms with Gasteiger partial charge in [-0.1, -0.05) is 13.8 Å². The molecule has 1 aromatic carbocycles. The van der Waals surface area contributed by atoms with Gasteiger partial charge in [0.2, 0.25) is 11.8 Å². The third kappa shape index (κ3) is 5.52. The molecule has 104 valence electrons. The summed E-state index contributed by atoms with van der Waals surface area (Å²) in [6.45, 7) is 5.49. The third-order valence-electron chi connectivity index (χ3n) is 2.53. The lowest BCUT2D eigenvalue weighted by Crippen LogP contribution is -2.36. The van der Waals surface area contributed by atoms with Crippen molar-refractivity contribution in [1.29, 1.82) is 0 Å². The molecule has 0 saturated carbocycles. The standard InChI is InChI=1S/C14H21N3O2/c1-9(2)8-13(15)14(19)17-12-6-4-11(5-7-12)16-10(3)18/h4-7,9,13H,8,15H2,1-3H3,(H,16,18)(H,17,19). The molecule has 0 bridgehead atoms. The van der Waals surface area contributed by atoms with Crippen molar-refractivity contribution in [3.05, 3.63) is 24.3 Å². The minimum atomic E-state index is -0.505. The van der Waals surface area contributed by atoms with Crippen LogP contribution in [0.25, 0.3) is 0 Å². The van der Waals surface area contributed by atoms with E-state index in [0.717, 1.165) is 0 Å². The molecule has 4 N–H and O–H groups in total. The Bertz CT molecular complexity index is 441. The van der Waals surface area contributed by atoms with Gasteiger partial charge in [-0.05, 0) is 36.6 Å². The monoisotopic (exact) mass is 263 g/mol. The largest absolute Gasteiger partial charge is 0.326 e. The van der Waals surface area contributed by atoms with Gasteiger partial charge >= 0.3 is 0 Å². The summed E-state index contributed by atoms with van der Waals surface area (Å²) in [4.78, 5) is 22.7. The topological polar surface area (TPSA) is 84.2 Å². The van der Waals surface area contributed by atoms with Crippen molar-refractivity contribution in [2.75, 3.05) is 10.6 Å². The van der Waals surface area contributed by atoms with Gasteiger partial charge in [-0.2, -0.15) is 0 Å². The van der Waals surface area contributed by atoms with Gasteiger partial charge in [0.15, 0.2) is 0 Å². The Morgan fingerprint density at radius 3 is 2.00 bits per heavy atom. The predicted octanol–water partition coefficient (Wildman–Crippen LogP) is 1.96. The van der Waals surface area contributed by atoms with Crippen molar-refractivity contribution >= 4 is 23.2 Å². The lowest BCUT2D eigenvalue weighted by Gasteiger charge is -2.14. The summed E-state index contributed by atoms with van der Waals surface area (Å²) in [6, 6.07) is 6.40. The van der Waals surface area contributed by atoms with E-state index in [9.17, 15) is 9.59 Å². The fourth-order valence-electron chi connectivity index (χ4n) is 1.69. The highest BCUT2D eigenvalue weighted by atomic mass is 16.2. The first kappa shape index (κ1) is 15.2. The highest BCUT2D eigenvalue weighted by Crippen LogP contribution is 2.14. The Kier molecular flexibility index (Phi) is 5.51. The number of hydrogen-bond acceptors (Lipinski definition) is 3. The molecule has 19 heavy (non-hydrogen) atoms. The van der Waals surface area contributed by atoms with Crippen LogP contribution in [0, 0.1) is 5.92 Å². The zero-order valence-corrected chi connectivity index (χ0v) is 11.6. The highest BCUT2D eigenvalue weighted by Gasteiger charge is 2.14. The molecule has 0 saturated heterocycles. The van der Waals surface area contributed by atoms with Gasteiger partial charge in [0.05, 0.1) is 6.04 Å². The second kappa shape index (κ2) is 6.89. The summed E-state index contributed by atoms with van der Waals surface area (Å²) in [5.74, 6) is 0.0552. The van der Waals surface area contributed by atoms with Gasteiger partial charge in [-0.15, -0.1) is 0 Å². The number of benzene rings is 1. The van der Waals surface area contributed by atoms with Gasteiger partial charge in [-0.25, -0.2) is 0 Å². The molecule has 2 amide bonds. The van der Waals surface area contributed by atoms with E-state index in [1.165, 1.54) is 6.92 Å². The van der Waals surface area contributed by atoms with Crippen molar-refractivity contribution < 1.29 is 9.59 Å². The van der Waals surface area contributed by atoms with Crippen LogP contribution in [0.3, 0.4) is 0 Å². The molecule has 1 rings (SSSR count). The SMILES string of the molecule is CC(=O)Nc1ccc(NC(=O)C(N)CC(C)C)cc1. The second-order valence-electron chi connectivity index (χ2n) is 4.98. The summed E-state index contributed by atoms with van der Waals surface area (Å²) in [6.07, 6.45) is 0.649. The molecule has 5 heteroatoms. The van der Waals surface area contributed by atoms with E-state index in [2.05, 4.69) is 10.6 Å². The number of nitrogens with one attached hydrogen (secondary N) is 2. The highest BCUT2D eigenvalue weighted by molar-refractivity contribution is 5.95. The Labute approximate surface area is 113 Å². The molecule has 0 aliphatic heterocycles. The van der Waals surface area contributed by atoms with Crippen LogP contribution in [0.2, 0.25) is 0 Å². The molecule has 5 nitrogen and oxygen atoms in total. The van der Waals surface area contributed by atoms with E-state index in [1.54, 1.807) is 24.3 Å². The summed E-state index contributed by atoms with van der Waals surface area (Å²) in [5.41, 5.74) is 7.15. The molecule has 0 heterocycles. The van der Waals surface area contributed by atoms with Gasteiger partial charge in [0.1, 0.15) is 0 Å². The van der Waals surface area contributed by atoms with Gasteiger partial charge in [0.25, 0.3) is 0 Å². The molecule has 1 unspecified atom stereocenters. The number of carbonyl (C=O) groups is 2. The van der Waals surface area contributed by atoms with Crippen molar-refractivity contribution in [2.45, 2.75) is 33.2 Å². The van der Waals surface area contributed by atoms with Gasteiger partial charge in [-0.3, -0.25) is 9.59 Å². The van der Waals surface area contributed by atoms with Crippen LogP contribution >= 0.6 is 0 Å². The molecule has 0 fully saturated rings. The number of nitrogens with two attached hydrogens (primary N) is 1. The average molecular weight is 263 g/mol. The van der Waals surface area contributed by atoms with Crippen molar-refractivity contribution in [3.8, 4) is 0 Å². The fraction of sp³-hybridized carbons (Fsp3) is 0.429. The van der Waals surface area contributed by atoms with Gasteiger partial charge < -0.3 is 16.4 Å².